The number of carboxylic acid groups (broad SMARTS) is 1. The van der Waals surface area contributed by atoms with Crippen LogP contribution in [0.4, 0.5) is 5.82 Å². The minimum Gasteiger partial charge on any atom is -0.481 e. The van der Waals surface area contributed by atoms with Gasteiger partial charge in [-0.1, -0.05) is 38.1 Å². The van der Waals surface area contributed by atoms with Crippen molar-refractivity contribution in [3.8, 4) is 0 Å². The van der Waals surface area contributed by atoms with Crippen molar-refractivity contribution in [3.05, 3.63) is 24.0 Å². The molecule has 0 bridgehead atoms. The number of hydrogen-bond acceptors (Lipinski definition) is 4. The van der Waals surface area contributed by atoms with Gasteiger partial charge in [0.25, 0.3) is 0 Å². The zero-order valence-corrected chi connectivity index (χ0v) is 12.4. The fraction of sp³-hybridized carbons (Fsp3) is 0.533. The lowest BCUT2D eigenvalue weighted by Crippen LogP contribution is -2.34. The molecular weight excluding hydrogens is 272 g/mol. The zero-order chi connectivity index (χ0) is 15.6. The first kappa shape index (κ1) is 15.3. The van der Waals surface area contributed by atoms with Crippen molar-refractivity contribution in [1.82, 2.24) is 5.16 Å². The average Bonchev–Trinajstić information content (AvgIpc) is 2.87. The van der Waals surface area contributed by atoms with Crippen LogP contribution in [0.1, 0.15) is 39.4 Å². The van der Waals surface area contributed by atoms with Crippen LogP contribution in [-0.4, -0.2) is 22.1 Å². The Morgan fingerprint density at radius 3 is 2.43 bits per heavy atom. The van der Waals surface area contributed by atoms with E-state index in [2.05, 4.69) is 10.5 Å². The lowest BCUT2D eigenvalue weighted by Gasteiger charge is -2.23. The first-order chi connectivity index (χ1) is 9.79. The minimum atomic E-state index is -0.949. The fourth-order valence-corrected chi connectivity index (χ4v) is 2.28. The first-order valence-corrected chi connectivity index (χ1v) is 6.95. The molecule has 1 amide bonds. The lowest BCUT2D eigenvalue weighted by atomic mass is 9.82. The highest BCUT2D eigenvalue weighted by molar-refractivity contribution is 5.94. The summed E-state index contributed by atoms with van der Waals surface area (Å²) in [4.78, 5) is 23.5. The van der Waals surface area contributed by atoms with Gasteiger partial charge in [0.2, 0.25) is 5.91 Å². The molecule has 1 aliphatic rings. The molecule has 0 fully saturated rings. The Hall–Kier alpha value is -2.11. The van der Waals surface area contributed by atoms with E-state index in [1.807, 2.05) is 26.8 Å². The largest absolute Gasteiger partial charge is 0.481 e. The Balaban J connectivity index is 2.08. The molecule has 1 aromatic heterocycles. The molecule has 1 aliphatic carbocycles. The third-order valence-electron chi connectivity index (χ3n) is 3.59. The van der Waals surface area contributed by atoms with E-state index in [0.29, 0.717) is 24.4 Å². The SMILES string of the molecule is CC(C)(C)c1cc(NC(=O)[C@@H]2CC=CC[C@H]2C(=O)O)no1. The fourth-order valence-electron chi connectivity index (χ4n) is 2.28. The van der Waals surface area contributed by atoms with Crippen LogP contribution < -0.4 is 5.32 Å². The number of amides is 1. The van der Waals surface area contributed by atoms with E-state index in [-0.39, 0.29) is 11.3 Å². The topological polar surface area (TPSA) is 92.4 Å². The number of anilines is 1. The highest BCUT2D eigenvalue weighted by atomic mass is 16.5. The van der Waals surface area contributed by atoms with Crippen molar-refractivity contribution in [3.63, 3.8) is 0 Å². The molecular formula is C15H20N2O4. The van der Waals surface area contributed by atoms with Crippen molar-refractivity contribution in [1.29, 1.82) is 0 Å². The van der Waals surface area contributed by atoms with Crippen LogP contribution in [-0.2, 0) is 15.0 Å². The van der Waals surface area contributed by atoms with Crippen LogP contribution in [0.25, 0.3) is 0 Å². The Kier molecular flexibility index (Phi) is 4.16. The second-order valence-corrected chi connectivity index (χ2v) is 6.31. The molecule has 0 aliphatic heterocycles. The maximum Gasteiger partial charge on any atom is 0.307 e. The zero-order valence-electron chi connectivity index (χ0n) is 12.4. The average molecular weight is 292 g/mol. The molecule has 0 saturated carbocycles. The highest BCUT2D eigenvalue weighted by Crippen LogP contribution is 2.28. The van der Waals surface area contributed by atoms with Gasteiger partial charge in [0.05, 0.1) is 11.8 Å². The molecule has 21 heavy (non-hydrogen) atoms. The number of allylic oxidation sites excluding steroid dienone is 2. The second kappa shape index (κ2) is 5.71. The molecule has 0 spiro atoms. The number of aliphatic carboxylic acids is 1. The van der Waals surface area contributed by atoms with Crippen molar-refractivity contribution in [2.24, 2.45) is 11.8 Å². The molecule has 0 saturated heterocycles. The molecule has 0 radical (unpaired) electrons. The summed E-state index contributed by atoms with van der Waals surface area (Å²) in [5, 5.41) is 15.6. The summed E-state index contributed by atoms with van der Waals surface area (Å²) in [5.41, 5.74) is -0.201. The summed E-state index contributed by atoms with van der Waals surface area (Å²) in [6.45, 7) is 5.93. The number of carboxylic acids is 1. The minimum absolute atomic E-state index is 0.201. The molecule has 114 valence electrons. The van der Waals surface area contributed by atoms with Gasteiger partial charge in [-0.3, -0.25) is 9.59 Å². The number of carbonyl (C=O) groups is 2. The van der Waals surface area contributed by atoms with Gasteiger partial charge in [-0.15, -0.1) is 0 Å². The number of hydrogen-bond donors (Lipinski definition) is 2. The maximum absolute atomic E-state index is 12.3. The summed E-state index contributed by atoms with van der Waals surface area (Å²) in [7, 11) is 0. The van der Waals surface area contributed by atoms with Crippen LogP contribution in [0.15, 0.2) is 22.7 Å². The van der Waals surface area contributed by atoms with Crippen molar-refractivity contribution < 1.29 is 19.2 Å². The highest BCUT2D eigenvalue weighted by Gasteiger charge is 2.34. The number of rotatable bonds is 3. The van der Waals surface area contributed by atoms with Crippen molar-refractivity contribution >= 4 is 17.7 Å². The molecule has 6 nitrogen and oxygen atoms in total. The summed E-state index contributed by atoms with van der Waals surface area (Å²) in [6, 6.07) is 1.67. The van der Waals surface area contributed by atoms with Crippen molar-refractivity contribution in [2.45, 2.75) is 39.0 Å². The Labute approximate surface area is 123 Å². The molecule has 0 unspecified atom stereocenters. The number of nitrogens with one attached hydrogen (secondary N) is 1. The van der Waals surface area contributed by atoms with Crippen LogP contribution in [0.3, 0.4) is 0 Å². The Morgan fingerprint density at radius 1 is 1.29 bits per heavy atom. The van der Waals surface area contributed by atoms with Crippen LogP contribution in [0, 0.1) is 11.8 Å². The number of carbonyl (C=O) groups excluding carboxylic acids is 1. The smallest absolute Gasteiger partial charge is 0.307 e. The monoisotopic (exact) mass is 292 g/mol. The number of aromatic nitrogens is 1. The summed E-state index contributed by atoms with van der Waals surface area (Å²) in [5.74, 6) is -1.57. The van der Waals surface area contributed by atoms with Gasteiger partial charge < -0.3 is 14.9 Å². The molecule has 1 aromatic rings. The van der Waals surface area contributed by atoms with Gasteiger partial charge in [-0.05, 0) is 12.8 Å². The van der Waals surface area contributed by atoms with Gasteiger partial charge in [0, 0.05) is 11.5 Å². The van der Waals surface area contributed by atoms with Crippen LogP contribution in [0.2, 0.25) is 0 Å². The van der Waals surface area contributed by atoms with Gasteiger partial charge in [0.1, 0.15) is 5.76 Å². The van der Waals surface area contributed by atoms with E-state index >= 15 is 0 Å². The van der Waals surface area contributed by atoms with E-state index in [4.69, 9.17) is 4.52 Å². The molecule has 1 heterocycles. The third-order valence-corrected chi connectivity index (χ3v) is 3.59. The van der Waals surface area contributed by atoms with Crippen LogP contribution >= 0.6 is 0 Å². The van der Waals surface area contributed by atoms with Crippen LogP contribution in [0.5, 0.6) is 0 Å². The second-order valence-electron chi connectivity index (χ2n) is 6.31. The van der Waals surface area contributed by atoms with E-state index < -0.39 is 17.8 Å². The molecule has 2 N–H and O–H groups in total. The van der Waals surface area contributed by atoms with Gasteiger partial charge in [0.15, 0.2) is 5.82 Å². The standard InChI is InChI=1S/C15H20N2O4/c1-15(2,3)11-8-12(17-21-11)16-13(18)9-6-4-5-7-10(9)14(19)20/h4-5,8-10H,6-7H2,1-3H3,(H,19,20)(H,16,17,18)/t9-,10-/m1/s1. The van der Waals surface area contributed by atoms with Gasteiger partial charge in [-0.25, -0.2) is 0 Å². The van der Waals surface area contributed by atoms with Crippen molar-refractivity contribution in [2.75, 3.05) is 5.32 Å². The third kappa shape index (κ3) is 3.51. The lowest BCUT2D eigenvalue weighted by molar-refractivity contribution is -0.146. The summed E-state index contributed by atoms with van der Waals surface area (Å²) >= 11 is 0. The Bertz CT molecular complexity index is 568. The molecule has 2 atom stereocenters. The summed E-state index contributed by atoms with van der Waals surface area (Å²) < 4.78 is 5.20. The Morgan fingerprint density at radius 2 is 1.90 bits per heavy atom. The van der Waals surface area contributed by atoms with Gasteiger partial charge >= 0.3 is 5.97 Å². The van der Waals surface area contributed by atoms with Gasteiger partial charge in [-0.2, -0.15) is 0 Å². The molecule has 6 heteroatoms. The predicted octanol–water partition coefficient (Wildman–Crippen LogP) is 2.58. The van der Waals surface area contributed by atoms with E-state index in [1.165, 1.54) is 0 Å². The number of nitrogens with zero attached hydrogens (tertiary/aromatic N) is 1. The first-order valence-electron chi connectivity index (χ1n) is 6.95. The molecule has 2 rings (SSSR count). The quantitative estimate of drug-likeness (QED) is 0.835. The maximum atomic E-state index is 12.3. The van der Waals surface area contributed by atoms with E-state index in [9.17, 15) is 14.7 Å². The van der Waals surface area contributed by atoms with E-state index in [0.717, 1.165) is 0 Å². The normalized spacial score (nSPS) is 22.0. The predicted molar refractivity (Wildman–Crippen MR) is 76.8 cm³/mol. The molecule has 0 aromatic carbocycles. The van der Waals surface area contributed by atoms with E-state index in [1.54, 1.807) is 12.1 Å². The summed E-state index contributed by atoms with van der Waals surface area (Å²) in [6.07, 6.45) is 4.44.